The molecule has 0 spiro atoms. The lowest BCUT2D eigenvalue weighted by atomic mass is 9.82. The van der Waals surface area contributed by atoms with Crippen molar-refractivity contribution in [3.05, 3.63) is 171 Å². The van der Waals surface area contributed by atoms with Crippen LogP contribution in [0, 0.1) is 41.5 Å². The first-order valence-corrected chi connectivity index (χ1v) is 23.9. The van der Waals surface area contributed by atoms with E-state index in [9.17, 15) is 14.4 Å². The molecule has 0 aliphatic heterocycles. The summed E-state index contributed by atoms with van der Waals surface area (Å²) in [5.41, 5.74) is 17.0. The molecule has 1 aliphatic rings. The number of hydrogen-bond donors (Lipinski definition) is 1. The highest BCUT2D eigenvalue weighted by Crippen LogP contribution is 2.42. The number of nitrogens with zero attached hydrogens (tertiary/aromatic N) is 2. The van der Waals surface area contributed by atoms with Crippen molar-refractivity contribution in [2.45, 2.75) is 105 Å². The Morgan fingerprint density at radius 3 is 1.65 bits per heavy atom. The van der Waals surface area contributed by atoms with Crippen molar-refractivity contribution in [3.8, 4) is 0 Å². The van der Waals surface area contributed by atoms with E-state index in [0.29, 0.717) is 0 Å². The van der Waals surface area contributed by atoms with Gasteiger partial charge in [0.05, 0.1) is 18.9 Å². The van der Waals surface area contributed by atoms with Crippen LogP contribution in [0.3, 0.4) is 0 Å². The minimum Gasteiger partial charge on any atom is -0.462 e. The molecule has 2 atom stereocenters. The molecule has 0 amide bonds. The fraction of sp³-hybridized carbons (Fsp3) is 0.339. The molecule has 0 aromatic heterocycles. The molecular weight excluding hydrogens is 847 g/mol. The van der Waals surface area contributed by atoms with E-state index >= 15 is 0 Å². The molecule has 0 heterocycles. The van der Waals surface area contributed by atoms with Gasteiger partial charge in [-0.05, 0) is 142 Å². The van der Waals surface area contributed by atoms with E-state index in [2.05, 4.69) is 187 Å². The average molecular weight is 914 g/mol. The molecule has 6 aromatic carbocycles. The monoisotopic (exact) mass is 914 g/mol. The van der Waals surface area contributed by atoms with E-state index in [1.165, 1.54) is 61.4 Å². The Morgan fingerprint density at radius 1 is 0.632 bits per heavy atom. The van der Waals surface area contributed by atoms with Gasteiger partial charge in [-0.25, -0.2) is 4.79 Å². The Hall–Kier alpha value is -6.87. The van der Waals surface area contributed by atoms with Crippen LogP contribution in [-0.2, 0) is 28.6 Å². The molecule has 9 heteroatoms. The van der Waals surface area contributed by atoms with Crippen LogP contribution >= 0.6 is 0 Å². The number of esters is 3. The number of ether oxygens (including phenoxy) is 3. The number of aryl methyl sites for hydroxylation is 6. The fourth-order valence-electron chi connectivity index (χ4n) is 10.2. The van der Waals surface area contributed by atoms with Gasteiger partial charge >= 0.3 is 17.9 Å². The highest BCUT2D eigenvalue weighted by Gasteiger charge is 2.30. The summed E-state index contributed by atoms with van der Waals surface area (Å²) in [5.74, 6) is -1.63. The standard InChI is InChI=1S/C59H67N3O6/c1-37(2)59(65)67-32-31-66-54(63)29-30-55(64)68-53-18-14-13-17-52(53)60-51-28-27-50(48-15-11-12-16-49(48)51)56(44-19-23-46(24-20-44)61(9)57-40(5)33-38(3)34-41(57)6)45-21-25-47(26-22-45)62(10)58-42(7)35-39(4)36-43(58)8/h11-12,15-16,19-28,33-36,52-53,56,60H,1,13-14,17-18,29-32H2,2-10H3. The molecule has 1 saturated carbocycles. The summed E-state index contributed by atoms with van der Waals surface area (Å²) in [4.78, 5) is 41.6. The number of anilines is 5. The Kier molecular flexibility index (Phi) is 15.7. The Morgan fingerprint density at radius 2 is 1.12 bits per heavy atom. The van der Waals surface area contributed by atoms with Crippen molar-refractivity contribution in [1.82, 2.24) is 0 Å². The number of hydrogen-bond acceptors (Lipinski definition) is 9. The molecule has 1 N–H and O–H groups in total. The smallest absolute Gasteiger partial charge is 0.333 e. The summed E-state index contributed by atoms with van der Waals surface area (Å²) in [6, 6.07) is 39.9. The molecule has 0 radical (unpaired) electrons. The molecule has 0 bridgehead atoms. The summed E-state index contributed by atoms with van der Waals surface area (Å²) < 4.78 is 16.2. The van der Waals surface area contributed by atoms with Crippen molar-refractivity contribution >= 4 is 57.1 Å². The average Bonchev–Trinajstić information content (AvgIpc) is 3.30. The van der Waals surface area contributed by atoms with Gasteiger partial charge in [-0.1, -0.05) is 103 Å². The van der Waals surface area contributed by atoms with E-state index in [4.69, 9.17) is 14.2 Å². The minimum absolute atomic E-state index is 0.0769. The van der Waals surface area contributed by atoms with Gasteiger partial charge in [0.1, 0.15) is 19.3 Å². The molecule has 354 valence electrons. The number of benzene rings is 6. The van der Waals surface area contributed by atoms with E-state index in [-0.39, 0.29) is 49.7 Å². The van der Waals surface area contributed by atoms with Gasteiger partial charge in [0, 0.05) is 59.4 Å². The largest absolute Gasteiger partial charge is 0.462 e. The zero-order chi connectivity index (χ0) is 48.6. The zero-order valence-electron chi connectivity index (χ0n) is 41.3. The lowest BCUT2D eigenvalue weighted by molar-refractivity contribution is -0.156. The molecule has 9 nitrogen and oxygen atoms in total. The van der Waals surface area contributed by atoms with Gasteiger partial charge in [-0.15, -0.1) is 0 Å². The molecule has 1 fully saturated rings. The Balaban J connectivity index is 1.16. The first kappa shape index (κ1) is 49.0. The van der Waals surface area contributed by atoms with Gasteiger partial charge in [-0.2, -0.15) is 0 Å². The topological polar surface area (TPSA) is 97.4 Å². The molecule has 6 aromatic rings. The van der Waals surface area contributed by atoms with Crippen LogP contribution in [0.15, 0.2) is 121 Å². The van der Waals surface area contributed by atoms with Crippen molar-refractivity contribution in [1.29, 1.82) is 0 Å². The third-order valence-corrected chi connectivity index (χ3v) is 13.2. The normalized spacial score (nSPS) is 14.6. The SMILES string of the molecule is C=C(C)C(=O)OCCOC(=O)CCC(=O)OC1CCCCC1Nc1ccc(C(c2ccc(N(C)c3c(C)cc(C)cc3C)cc2)c2ccc(N(C)c3c(C)cc(C)cc3C)cc2)c2ccccc12. The number of nitrogens with one attached hydrogen (secondary N) is 1. The summed E-state index contributed by atoms with van der Waals surface area (Å²) in [6.07, 6.45) is 2.94. The van der Waals surface area contributed by atoms with E-state index < -0.39 is 17.9 Å². The summed E-state index contributed by atoms with van der Waals surface area (Å²) in [7, 11) is 4.29. The lowest BCUT2D eigenvalue weighted by Gasteiger charge is -2.33. The molecule has 0 saturated heterocycles. The van der Waals surface area contributed by atoms with Gasteiger partial charge in [0.15, 0.2) is 0 Å². The maximum absolute atomic E-state index is 13.1. The van der Waals surface area contributed by atoms with Gasteiger partial charge < -0.3 is 29.3 Å². The Bertz CT molecular complexity index is 2640. The van der Waals surface area contributed by atoms with Crippen molar-refractivity contribution in [2.75, 3.05) is 42.4 Å². The number of rotatable bonds is 17. The molecule has 1 aliphatic carbocycles. The first-order valence-electron chi connectivity index (χ1n) is 23.9. The van der Waals surface area contributed by atoms with Crippen LogP contribution in [-0.4, -0.2) is 57.4 Å². The second kappa shape index (κ2) is 21.8. The van der Waals surface area contributed by atoms with Gasteiger partial charge in [0.2, 0.25) is 0 Å². The third kappa shape index (κ3) is 11.4. The van der Waals surface area contributed by atoms with Crippen molar-refractivity contribution in [2.24, 2.45) is 0 Å². The highest BCUT2D eigenvalue weighted by molar-refractivity contribution is 5.97. The van der Waals surface area contributed by atoms with E-state index in [0.717, 1.165) is 53.5 Å². The van der Waals surface area contributed by atoms with Gasteiger partial charge in [-0.3, -0.25) is 9.59 Å². The lowest BCUT2D eigenvalue weighted by Crippen LogP contribution is -2.39. The van der Waals surface area contributed by atoms with Crippen LogP contribution < -0.4 is 15.1 Å². The van der Waals surface area contributed by atoms with Crippen LogP contribution in [0.1, 0.15) is 101 Å². The minimum atomic E-state index is -0.553. The van der Waals surface area contributed by atoms with Gasteiger partial charge in [0.25, 0.3) is 0 Å². The molecular formula is C59H67N3O6. The molecule has 7 rings (SSSR count). The van der Waals surface area contributed by atoms with Crippen LogP contribution in [0.25, 0.3) is 10.8 Å². The number of carbonyl (C=O) groups excluding carboxylic acids is 3. The molecule has 68 heavy (non-hydrogen) atoms. The maximum atomic E-state index is 13.1. The quantitative estimate of drug-likeness (QED) is 0.0315. The first-order chi connectivity index (χ1) is 32.6. The van der Waals surface area contributed by atoms with E-state index in [1.807, 2.05) is 0 Å². The summed E-state index contributed by atoms with van der Waals surface area (Å²) in [6.45, 7) is 17.9. The zero-order valence-corrected chi connectivity index (χ0v) is 41.3. The van der Waals surface area contributed by atoms with Crippen molar-refractivity contribution < 1.29 is 28.6 Å². The highest BCUT2D eigenvalue weighted by atomic mass is 16.6. The fourth-order valence-corrected chi connectivity index (χ4v) is 10.2. The third-order valence-electron chi connectivity index (χ3n) is 13.2. The Labute approximate surface area is 403 Å². The van der Waals surface area contributed by atoms with Crippen molar-refractivity contribution in [3.63, 3.8) is 0 Å². The summed E-state index contributed by atoms with van der Waals surface area (Å²) in [5, 5.41) is 6.04. The molecule has 2 unspecified atom stereocenters. The predicted octanol–water partition coefficient (Wildman–Crippen LogP) is 13.1. The second-order valence-corrected chi connectivity index (χ2v) is 18.7. The summed E-state index contributed by atoms with van der Waals surface area (Å²) >= 11 is 0. The van der Waals surface area contributed by atoms with Crippen LogP contribution in [0.5, 0.6) is 0 Å². The van der Waals surface area contributed by atoms with Crippen LogP contribution in [0.4, 0.5) is 28.4 Å². The number of fused-ring (bicyclic) bond motifs is 1. The maximum Gasteiger partial charge on any atom is 0.333 e. The second-order valence-electron chi connectivity index (χ2n) is 18.7. The van der Waals surface area contributed by atoms with E-state index in [1.54, 1.807) is 6.92 Å². The predicted molar refractivity (Wildman–Crippen MR) is 277 cm³/mol. The van der Waals surface area contributed by atoms with Crippen LogP contribution in [0.2, 0.25) is 0 Å². The number of carbonyl (C=O) groups is 3.